The Hall–Kier alpha value is -3.31. The summed E-state index contributed by atoms with van der Waals surface area (Å²) >= 11 is 1.66. The summed E-state index contributed by atoms with van der Waals surface area (Å²) < 4.78 is 44.0. The van der Waals surface area contributed by atoms with Gasteiger partial charge in [-0.1, -0.05) is 42.1 Å². The number of amides is 1. The van der Waals surface area contributed by atoms with Gasteiger partial charge in [0.2, 0.25) is 0 Å². The molecule has 1 aliphatic rings. The summed E-state index contributed by atoms with van der Waals surface area (Å²) in [5.41, 5.74) is 2.08. The number of aromatic nitrogens is 3. The number of nitrogens with zero attached hydrogens (tertiary/aromatic N) is 3. The van der Waals surface area contributed by atoms with E-state index in [1.807, 2.05) is 30.3 Å². The van der Waals surface area contributed by atoms with Gasteiger partial charge in [-0.2, -0.15) is 5.10 Å². The number of fused-ring (bicyclic) bond motifs is 3. The lowest BCUT2D eigenvalue weighted by Gasteiger charge is -2.21. The number of carbonyl (C=O) groups is 1. The van der Waals surface area contributed by atoms with Crippen LogP contribution >= 0.6 is 11.8 Å². The topological polar surface area (TPSA) is 80.6 Å². The molecule has 3 heterocycles. The molecule has 2 aromatic heterocycles. The van der Waals surface area contributed by atoms with E-state index in [4.69, 9.17) is 4.98 Å². The predicted molar refractivity (Wildman–Crippen MR) is 131 cm³/mol. The molecule has 0 saturated carbocycles. The molecule has 1 amide bonds. The van der Waals surface area contributed by atoms with Crippen molar-refractivity contribution in [2.24, 2.45) is 5.92 Å². The van der Waals surface area contributed by atoms with Crippen LogP contribution in [0.2, 0.25) is 0 Å². The van der Waals surface area contributed by atoms with Crippen molar-refractivity contribution >= 4 is 34.1 Å². The van der Waals surface area contributed by atoms with Crippen molar-refractivity contribution in [1.29, 1.82) is 0 Å². The van der Waals surface area contributed by atoms with E-state index in [9.17, 15) is 18.0 Å². The Labute approximate surface area is 209 Å². The maximum atomic E-state index is 12.7. The van der Waals surface area contributed by atoms with Crippen LogP contribution < -0.4 is 15.4 Å². The Balaban J connectivity index is 1.38. The average Bonchev–Trinajstić information content (AvgIpc) is 3.31. The largest absolute Gasteiger partial charge is 0.573 e. The molecule has 0 unspecified atom stereocenters. The lowest BCUT2D eigenvalue weighted by atomic mass is 10.0. The molecule has 36 heavy (non-hydrogen) atoms. The van der Waals surface area contributed by atoms with Gasteiger partial charge in [-0.15, -0.1) is 13.2 Å². The Morgan fingerprint density at radius 2 is 1.89 bits per heavy atom. The molecule has 0 bridgehead atoms. The van der Waals surface area contributed by atoms with Gasteiger partial charge in [0, 0.05) is 11.1 Å². The number of thioether (sulfide) groups is 1. The number of hydrogen-bond acceptors (Lipinski definition) is 6. The van der Waals surface area contributed by atoms with Gasteiger partial charge >= 0.3 is 6.36 Å². The third kappa shape index (κ3) is 5.57. The molecule has 0 radical (unpaired) electrons. The first-order valence-electron chi connectivity index (χ1n) is 11.6. The molecule has 2 aromatic carbocycles. The van der Waals surface area contributed by atoms with Crippen LogP contribution in [0.5, 0.6) is 5.75 Å². The second kappa shape index (κ2) is 10.4. The van der Waals surface area contributed by atoms with Gasteiger partial charge in [-0.25, -0.2) is 9.50 Å². The quantitative estimate of drug-likeness (QED) is 0.272. The zero-order valence-electron chi connectivity index (χ0n) is 19.2. The highest BCUT2D eigenvalue weighted by Crippen LogP contribution is 2.29. The van der Waals surface area contributed by atoms with Crippen molar-refractivity contribution < 1.29 is 22.7 Å². The Bertz CT molecular complexity index is 1390. The highest BCUT2D eigenvalue weighted by molar-refractivity contribution is 7.99. The van der Waals surface area contributed by atoms with Gasteiger partial charge in [-0.05, 0) is 56.1 Å². The molecule has 7 nitrogen and oxygen atoms in total. The number of carbonyl (C=O) groups excluding carboxylic acids is 1. The Kier molecular flexibility index (Phi) is 7.01. The van der Waals surface area contributed by atoms with E-state index in [0.717, 1.165) is 59.3 Å². The molecule has 5 rings (SSSR count). The molecule has 0 atom stereocenters. The summed E-state index contributed by atoms with van der Waals surface area (Å²) in [7, 11) is 0. The first-order chi connectivity index (χ1) is 17.4. The number of benzene rings is 2. The number of alkyl halides is 3. The summed E-state index contributed by atoms with van der Waals surface area (Å²) in [6.07, 6.45) is -2.65. The summed E-state index contributed by atoms with van der Waals surface area (Å²) in [5.74, 6) is 0.303. The number of piperidine rings is 1. The number of rotatable bonds is 7. The highest BCUT2D eigenvalue weighted by Gasteiger charge is 2.32. The Morgan fingerprint density at radius 3 is 2.69 bits per heavy atom. The summed E-state index contributed by atoms with van der Waals surface area (Å²) in [4.78, 5) is 17.5. The van der Waals surface area contributed by atoms with E-state index >= 15 is 0 Å². The molecule has 188 valence electrons. The maximum Gasteiger partial charge on any atom is 0.573 e. The van der Waals surface area contributed by atoms with Crippen molar-refractivity contribution in [2.45, 2.75) is 30.9 Å². The van der Waals surface area contributed by atoms with Crippen LogP contribution in [0.25, 0.3) is 16.4 Å². The van der Waals surface area contributed by atoms with E-state index in [2.05, 4.69) is 20.5 Å². The standard InChI is InChI=1S/C25H24F3N5O2S/c26-25(27,28)35-22-8-4-2-6-19(22)23(34)30-14-17-13-21-18-5-1-3-7-20(18)31-24(33(21)32-17)36-15-16-9-11-29-12-10-16/h1-8,13,16,29H,9-12,14-15H2,(H,30,34). The Morgan fingerprint density at radius 1 is 1.14 bits per heavy atom. The molecule has 0 aliphatic carbocycles. The van der Waals surface area contributed by atoms with E-state index in [0.29, 0.717) is 11.6 Å². The second-order valence-corrected chi connectivity index (χ2v) is 9.56. The van der Waals surface area contributed by atoms with E-state index in [1.54, 1.807) is 16.3 Å². The number of halogens is 3. The van der Waals surface area contributed by atoms with Crippen LogP contribution in [0.3, 0.4) is 0 Å². The molecular weight excluding hydrogens is 491 g/mol. The molecular formula is C25H24F3N5O2S. The van der Waals surface area contributed by atoms with Gasteiger partial charge < -0.3 is 15.4 Å². The second-order valence-electron chi connectivity index (χ2n) is 8.58. The molecule has 1 fully saturated rings. The zero-order chi connectivity index (χ0) is 25.1. The van der Waals surface area contributed by atoms with Crippen LogP contribution in [-0.4, -0.2) is 45.7 Å². The van der Waals surface area contributed by atoms with Crippen LogP contribution in [0.15, 0.2) is 59.8 Å². The minimum Gasteiger partial charge on any atom is -0.405 e. The van der Waals surface area contributed by atoms with Gasteiger partial charge in [0.15, 0.2) is 5.16 Å². The molecule has 0 spiro atoms. The molecule has 1 aliphatic heterocycles. The number of para-hydroxylation sites is 2. The van der Waals surface area contributed by atoms with Gasteiger partial charge in [0.1, 0.15) is 5.75 Å². The van der Waals surface area contributed by atoms with Crippen molar-refractivity contribution in [1.82, 2.24) is 25.2 Å². The first kappa shape index (κ1) is 24.4. The third-order valence-corrected chi connectivity index (χ3v) is 7.19. The van der Waals surface area contributed by atoms with E-state index in [-0.39, 0.29) is 12.1 Å². The number of hydrogen-bond donors (Lipinski definition) is 2. The van der Waals surface area contributed by atoms with Gasteiger partial charge in [-0.3, -0.25) is 4.79 Å². The van der Waals surface area contributed by atoms with Crippen molar-refractivity contribution in [3.63, 3.8) is 0 Å². The SMILES string of the molecule is O=C(NCc1cc2c3ccccc3nc(SCC3CCNCC3)n2n1)c1ccccc1OC(F)(F)F. The minimum absolute atomic E-state index is 0.0353. The fourth-order valence-electron chi connectivity index (χ4n) is 4.26. The third-order valence-electron chi connectivity index (χ3n) is 6.03. The van der Waals surface area contributed by atoms with Crippen molar-refractivity contribution in [2.75, 3.05) is 18.8 Å². The number of nitrogens with one attached hydrogen (secondary N) is 2. The van der Waals surface area contributed by atoms with Crippen LogP contribution in [0.4, 0.5) is 13.2 Å². The molecule has 11 heteroatoms. The van der Waals surface area contributed by atoms with E-state index in [1.165, 1.54) is 18.2 Å². The van der Waals surface area contributed by atoms with Crippen LogP contribution in [0.1, 0.15) is 28.9 Å². The summed E-state index contributed by atoms with van der Waals surface area (Å²) in [6, 6.07) is 14.9. The monoisotopic (exact) mass is 515 g/mol. The minimum atomic E-state index is -4.89. The fraction of sp³-hybridized carbons (Fsp3) is 0.320. The average molecular weight is 516 g/mol. The highest BCUT2D eigenvalue weighted by atomic mass is 32.2. The smallest absolute Gasteiger partial charge is 0.405 e. The van der Waals surface area contributed by atoms with Crippen molar-refractivity contribution in [3.05, 3.63) is 65.9 Å². The normalized spacial score (nSPS) is 14.9. The van der Waals surface area contributed by atoms with Crippen molar-refractivity contribution in [3.8, 4) is 5.75 Å². The summed E-state index contributed by atoms with van der Waals surface area (Å²) in [6.45, 7) is 2.08. The van der Waals surface area contributed by atoms with Gasteiger partial charge in [0.25, 0.3) is 5.91 Å². The predicted octanol–water partition coefficient (Wildman–Crippen LogP) is 4.80. The molecule has 2 N–H and O–H groups in total. The number of ether oxygens (including phenoxy) is 1. The first-order valence-corrected chi connectivity index (χ1v) is 12.6. The lowest BCUT2D eigenvalue weighted by Crippen LogP contribution is -2.28. The lowest BCUT2D eigenvalue weighted by molar-refractivity contribution is -0.274. The maximum absolute atomic E-state index is 12.7. The van der Waals surface area contributed by atoms with E-state index < -0.39 is 18.0 Å². The van der Waals surface area contributed by atoms with Gasteiger partial charge in [0.05, 0.1) is 28.8 Å². The van der Waals surface area contributed by atoms with Crippen LogP contribution in [0, 0.1) is 5.92 Å². The fourth-order valence-corrected chi connectivity index (χ4v) is 5.40. The molecule has 4 aromatic rings. The molecule has 1 saturated heterocycles. The summed E-state index contributed by atoms with van der Waals surface area (Å²) in [5, 5.41) is 12.4. The van der Waals surface area contributed by atoms with Crippen LogP contribution in [-0.2, 0) is 6.54 Å². The zero-order valence-corrected chi connectivity index (χ0v) is 20.0.